The molecule has 0 aliphatic carbocycles. The molecule has 0 radical (unpaired) electrons. The van der Waals surface area contributed by atoms with Crippen molar-refractivity contribution in [3.63, 3.8) is 0 Å². The molecule has 0 spiro atoms. The Balaban J connectivity index is 2.43. The van der Waals surface area contributed by atoms with Gasteiger partial charge in [-0.3, -0.25) is 14.9 Å². The van der Waals surface area contributed by atoms with E-state index in [0.717, 1.165) is 6.07 Å². The van der Waals surface area contributed by atoms with Crippen molar-refractivity contribution < 1.29 is 18.8 Å². The number of hydrogen-bond donors (Lipinski definition) is 1. The highest BCUT2D eigenvalue weighted by Gasteiger charge is 2.27. The number of morpholine rings is 1. The van der Waals surface area contributed by atoms with E-state index in [1.807, 2.05) is 13.8 Å². The number of rotatable bonds is 3. The summed E-state index contributed by atoms with van der Waals surface area (Å²) in [6.45, 7) is 5.93. The molecule has 1 aliphatic rings. The monoisotopic (exact) mass is 311 g/mol. The molecule has 1 amide bonds. The van der Waals surface area contributed by atoms with Gasteiger partial charge < -0.3 is 15.0 Å². The zero-order valence-electron chi connectivity index (χ0n) is 12.6. The molecule has 1 N–H and O–H groups in total. The minimum Gasteiger partial charge on any atom is -0.372 e. The predicted molar refractivity (Wildman–Crippen MR) is 79.6 cm³/mol. The molecule has 1 heterocycles. The molecule has 0 unspecified atom stereocenters. The molecule has 1 aliphatic heterocycles. The molecule has 2 atom stereocenters. The first-order valence-electron chi connectivity index (χ1n) is 6.94. The first-order valence-corrected chi connectivity index (χ1v) is 6.94. The molecule has 1 aromatic rings. The van der Waals surface area contributed by atoms with E-state index in [2.05, 4.69) is 5.32 Å². The lowest BCUT2D eigenvalue weighted by atomic mass is 10.1. The molecule has 1 fully saturated rings. The van der Waals surface area contributed by atoms with Gasteiger partial charge in [0.25, 0.3) is 5.69 Å². The van der Waals surface area contributed by atoms with Crippen LogP contribution in [0.15, 0.2) is 12.1 Å². The lowest BCUT2D eigenvalue weighted by Gasteiger charge is -2.37. The molecular weight excluding hydrogens is 293 g/mol. The summed E-state index contributed by atoms with van der Waals surface area (Å²) in [7, 11) is 0. The van der Waals surface area contributed by atoms with E-state index in [-0.39, 0.29) is 23.6 Å². The number of nitrogens with zero attached hydrogens (tertiary/aromatic N) is 2. The molecule has 1 aromatic carbocycles. The molecule has 7 nitrogen and oxygen atoms in total. The number of nitro groups is 1. The van der Waals surface area contributed by atoms with Crippen LogP contribution in [0.25, 0.3) is 0 Å². The fraction of sp³-hybridized carbons (Fsp3) is 0.500. The Morgan fingerprint density at radius 1 is 1.41 bits per heavy atom. The number of ether oxygens (including phenoxy) is 1. The van der Waals surface area contributed by atoms with Crippen molar-refractivity contribution >= 4 is 23.0 Å². The van der Waals surface area contributed by atoms with Gasteiger partial charge in [-0.05, 0) is 19.9 Å². The van der Waals surface area contributed by atoms with Gasteiger partial charge in [-0.25, -0.2) is 4.39 Å². The Bertz CT molecular complexity index is 598. The van der Waals surface area contributed by atoms with Gasteiger partial charge in [0.05, 0.1) is 28.9 Å². The number of carbonyl (C=O) groups excluding carboxylic acids is 1. The molecule has 0 saturated carbocycles. The summed E-state index contributed by atoms with van der Waals surface area (Å²) in [5, 5.41) is 13.4. The van der Waals surface area contributed by atoms with Crippen LogP contribution in [-0.2, 0) is 9.53 Å². The molecule has 8 heteroatoms. The molecule has 120 valence electrons. The number of amides is 1. The normalized spacial score (nSPS) is 21.5. The summed E-state index contributed by atoms with van der Waals surface area (Å²) in [6, 6.07) is 2.14. The average Bonchev–Trinajstić information content (AvgIpc) is 2.38. The Kier molecular flexibility index (Phi) is 4.60. The largest absolute Gasteiger partial charge is 0.372 e. The van der Waals surface area contributed by atoms with Crippen LogP contribution in [-0.4, -0.2) is 36.1 Å². The van der Waals surface area contributed by atoms with E-state index >= 15 is 0 Å². The Hall–Kier alpha value is -2.22. The van der Waals surface area contributed by atoms with Crippen LogP contribution in [0.4, 0.5) is 21.5 Å². The smallest absolute Gasteiger partial charge is 0.295 e. The maximum Gasteiger partial charge on any atom is 0.295 e. The predicted octanol–water partition coefficient (Wildman–Crippen LogP) is 2.31. The van der Waals surface area contributed by atoms with E-state index in [0.29, 0.717) is 13.1 Å². The molecule has 22 heavy (non-hydrogen) atoms. The van der Waals surface area contributed by atoms with Crippen molar-refractivity contribution in [1.29, 1.82) is 0 Å². The summed E-state index contributed by atoms with van der Waals surface area (Å²) >= 11 is 0. The van der Waals surface area contributed by atoms with Crippen LogP contribution >= 0.6 is 0 Å². The first kappa shape index (κ1) is 16.2. The highest BCUT2D eigenvalue weighted by Crippen LogP contribution is 2.33. The molecule has 1 saturated heterocycles. The number of hydrogen-bond acceptors (Lipinski definition) is 5. The fourth-order valence-corrected chi connectivity index (χ4v) is 2.61. The third-order valence-corrected chi connectivity index (χ3v) is 3.33. The second kappa shape index (κ2) is 6.27. The second-order valence-corrected chi connectivity index (χ2v) is 5.42. The molecule has 0 aromatic heterocycles. The summed E-state index contributed by atoms with van der Waals surface area (Å²) in [6.07, 6.45) is -0.162. The van der Waals surface area contributed by atoms with Crippen molar-refractivity contribution in [3.05, 3.63) is 28.1 Å². The Morgan fingerprint density at radius 3 is 2.50 bits per heavy atom. The van der Waals surface area contributed by atoms with Crippen molar-refractivity contribution in [2.24, 2.45) is 0 Å². The van der Waals surface area contributed by atoms with E-state index in [1.165, 1.54) is 13.0 Å². The van der Waals surface area contributed by atoms with Gasteiger partial charge in [0.15, 0.2) is 5.82 Å². The number of nitrogens with one attached hydrogen (secondary N) is 1. The summed E-state index contributed by atoms with van der Waals surface area (Å²) < 4.78 is 19.9. The van der Waals surface area contributed by atoms with Gasteiger partial charge in [-0.15, -0.1) is 0 Å². The van der Waals surface area contributed by atoms with Crippen LogP contribution in [0, 0.1) is 15.9 Å². The highest BCUT2D eigenvalue weighted by molar-refractivity contribution is 5.92. The van der Waals surface area contributed by atoms with Crippen LogP contribution in [0.3, 0.4) is 0 Å². The average molecular weight is 311 g/mol. The van der Waals surface area contributed by atoms with Crippen molar-refractivity contribution in [2.45, 2.75) is 33.0 Å². The molecule has 2 rings (SSSR count). The molecule has 0 bridgehead atoms. The number of anilines is 2. The lowest BCUT2D eigenvalue weighted by molar-refractivity contribution is -0.384. The quantitative estimate of drug-likeness (QED) is 0.684. The van der Waals surface area contributed by atoms with Gasteiger partial charge in [-0.2, -0.15) is 0 Å². The lowest BCUT2D eigenvalue weighted by Crippen LogP contribution is -2.45. The third-order valence-electron chi connectivity index (χ3n) is 3.33. The third kappa shape index (κ3) is 3.51. The zero-order valence-corrected chi connectivity index (χ0v) is 12.6. The summed E-state index contributed by atoms with van der Waals surface area (Å²) in [4.78, 5) is 23.3. The minimum atomic E-state index is -0.720. The first-order chi connectivity index (χ1) is 10.3. The van der Waals surface area contributed by atoms with Crippen molar-refractivity contribution in [2.75, 3.05) is 23.3 Å². The van der Waals surface area contributed by atoms with E-state index in [9.17, 15) is 19.3 Å². The van der Waals surface area contributed by atoms with Crippen LogP contribution in [0.1, 0.15) is 20.8 Å². The van der Waals surface area contributed by atoms with Gasteiger partial charge >= 0.3 is 0 Å². The Labute approximate surface area is 127 Å². The van der Waals surface area contributed by atoms with Gasteiger partial charge in [0.2, 0.25) is 5.91 Å². The van der Waals surface area contributed by atoms with Gasteiger partial charge in [0, 0.05) is 20.0 Å². The number of halogens is 1. The fourth-order valence-electron chi connectivity index (χ4n) is 2.61. The van der Waals surface area contributed by atoms with Gasteiger partial charge in [0.1, 0.15) is 5.69 Å². The van der Waals surface area contributed by atoms with Gasteiger partial charge in [-0.1, -0.05) is 0 Å². The van der Waals surface area contributed by atoms with Crippen LogP contribution < -0.4 is 10.2 Å². The summed E-state index contributed by atoms with van der Waals surface area (Å²) in [5.74, 6) is -1.15. The SMILES string of the molecule is CC(=O)Nc1cc(N2C[C@@H](C)O[C@H](C)C2)c(F)cc1[N+](=O)[O-]. The van der Waals surface area contributed by atoms with Crippen molar-refractivity contribution in [1.82, 2.24) is 0 Å². The highest BCUT2D eigenvalue weighted by atomic mass is 19.1. The van der Waals surface area contributed by atoms with E-state index in [4.69, 9.17) is 4.74 Å². The maximum absolute atomic E-state index is 14.3. The van der Waals surface area contributed by atoms with E-state index < -0.39 is 22.3 Å². The summed E-state index contributed by atoms with van der Waals surface area (Å²) in [5.41, 5.74) is -0.261. The maximum atomic E-state index is 14.3. The number of nitro benzene ring substituents is 1. The molecular formula is C14H18FN3O4. The topological polar surface area (TPSA) is 84.7 Å². The Morgan fingerprint density at radius 2 is 2.00 bits per heavy atom. The van der Waals surface area contributed by atoms with Crippen molar-refractivity contribution in [3.8, 4) is 0 Å². The minimum absolute atomic E-state index is 0.0132. The zero-order chi connectivity index (χ0) is 16.4. The second-order valence-electron chi connectivity index (χ2n) is 5.42. The standard InChI is InChI=1S/C14H18FN3O4/c1-8-6-17(7-9(2)22-8)13-5-12(16-10(3)19)14(18(20)21)4-11(13)15/h4-5,8-9H,6-7H2,1-3H3,(H,16,19)/t8-,9-/m1/s1. The van der Waals surface area contributed by atoms with E-state index in [1.54, 1.807) is 4.90 Å². The van der Waals surface area contributed by atoms with Crippen LogP contribution in [0.2, 0.25) is 0 Å². The van der Waals surface area contributed by atoms with Crippen LogP contribution in [0.5, 0.6) is 0 Å². The number of benzene rings is 1. The number of carbonyl (C=O) groups is 1.